The normalized spacial score (nSPS) is 17.4. The summed E-state index contributed by atoms with van der Waals surface area (Å²) in [5, 5.41) is 14.3. The Morgan fingerprint density at radius 2 is 1.91 bits per heavy atom. The van der Waals surface area contributed by atoms with Gasteiger partial charge in [0.25, 0.3) is 0 Å². The van der Waals surface area contributed by atoms with Crippen molar-refractivity contribution in [3.63, 3.8) is 0 Å². The van der Waals surface area contributed by atoms with Crippen molar-refractivity contribution in [2.45, 2.75) is 25.3 Å². The summed E-state index contributed by atoms with van der Waals surface area (Å²) in [6.45, 7) is 1.51. The molecule has 1 aromatic carbocycles. The zero-order valence-corrected chi connectivity index (χ0v) is 19.4. The second-order valence-electron chi connectivity index (χ2n) is 7.46. The first-order valence-electron chi connectivity index (χ1n) is 9.93. The topological polar surface area (TPSA) is 141 Å². The Morgan fingerprint density at radius 1 is 1.21 bits per heavy atom. The van der Waals surface area contributed by atoms with Gasteiger partial charge in [-0.1, -0.05) is 6.07 Å². The van der Waals surface area contributed by atoms with Gasteiger partial charge in [-0.2, -0.15) is 0 Å². The number of ether oxygens (including phenoxy) is 3. The second-order valence-corrected chi connectivity index (χ2v) is 9.39. The molecule has 1 aromatic heterocycles. The number of amides is 1. The molecular formula is C22H25NO9S. The highest BCUT2D eigenvalue weighted by molar-refractivity contribution is 7.94. The minimum Gasteiger partial charge on any atom is -0.507 e. The number of aromatic hydroxyl groups is 1. The molecule has 0 radical (unpaired) electrons. The Morgan fingerprint density at radius 3 is 2.45 bits per heavy atom. The van der Waals surface area contributed by atoms with Crippen LogP contribution in [0.4, 0.5) is 0 Å². The average Bonchev–Trinajstić information content (AvgIpc) is 3.08. The number of hydrogen-bond donors (Lipinski definition) is 2. The maximum absolute atomic E-state index is 12.9. The number of rotatable bonds is 8. The van der Waals surface area contributed by atoms with E-state index in [0.29, 0.717) is 11.3 Å². The zero-order valence-electron chi connectivity index (χ0n) is 18.6. The molecule has 0 saturated heterocycles. The van der Waals surface area contributed by atoms with Crippen LogP contribution in [0.25, 0.3) is 0 Å². The van der Waals surface area contributed by atoms with Gasteiger partial charge in [0.15, 0.2) is 21.3 Å². The summed E-state index contributed by atoms with van der Waals surface area (Å²) < 4.78 is 44.7. The summed E-state index contributed by atoms with van der Waals surface area (Å²) in [5.41, 5.74) is -0.590. The standard InChI is InChI=1S/C22H25NO9S/c1-12-9-16(24)19(22(26)32-12)15(10-18(25)23-13-7-8-33(27,28)11-13)14-5-6-17(29-2)21(31-4)20(14)30-3/h5-9,13,15,24H,10-11H2,1-4H3,(H,23,25)/t13-,15+/m1/s1. The van der Waals surface area contributed by atoms with Crippen LogP contribution in [0.3, 0.4) is 0 Å². The van der Waals surface area contributed by atoms with Crippen molar-refractivity contribution in [2.75, 3.05) is 27.1 Å². The van der Waals surface area contributed by atoms with Gasteiger partial charge in [-0.15, -0.1) is 0 Å². The third-order valence-electron chi connectivity index (χ3n) is 5.21. The molecular weight excluding hydrogens is 454 g/mol. The molecule has 2 heterocycles. The lowest BCUT2D eigenvalue weighted by Gasteiger charge is -2.23. The Bertz CT molecular complexity index is 1250. The van der Waals surface area contributed by atoms with Gasteiger partial charge < -0.3 is 29.1 Å². The molecule has 0 aliphatic carbocycles. The number of hydrogen-bond acceptors (Lipinski definition) is 9. The molecule has 33 heavy (non-hydrogen) atoms. The van der Waals surface area contributed by atoms with E-state index in [1.165, 1.54) is 40.4 Å². The van der Waals surface area contributed by atoms with Crippen molar-refractivity contribution in [3.8, 4) is 23.0 Å². The van der Waals surface area contributed by atoms with Gasteiger partial charge in [-0.25, -0.2) is 13.2 Å². The number of sulfone groups is 1. The molecule has 2 atom stereocenters. The molecule has 0 spiro atoms. The Labute approximate surface area is 190 Å². The first-order valence-corrected chi connectivity index (χ1v) is 11.6. The fourth-order valence-electron chi connectivity index (χ4n) is 3.81. The van der Waals surface area contributed by atoms with E-state index in [2.05, 4.69) is 5.32 Å². The number of aryl methyl sites for hydroxylation is 1. The molecule has 0 bridgehead atoms. The molecule has 2 aromatic rings. The minimum absolute atomic E-state index is 0.143. The monoisotopic (exact) mass is 479 g/mol. The van der Waals surface area contributed by atoms with Crippen LogP contribution in [0.5, 0.6) is 23.0 Å². The summed E-state index contributed by atoms with van der Waals surface area (Å²) in [6.07, 6.45) is 1.08. The van der Waals surface area contributed by atoms with Gasteiger partial charge in [0.05, 0.1) is 38.7 Å². The van der Waals surface area contributed by atoms with Crippen LogP contribution in [0, 0.1) is 6.92 Å². The highest BCUT2D eigenvalue weighted by Gasteiger charge is 2.32. The SMILES string of the molecule is COc1ccc([C@H](CC(=O)N[C@@H]2C=CS(=O)(=O)C2)c2c(O)cc(C)oc2=O)c(OC)c1OC. The fourth-order valence-corrected chi connectivity index (χ4v) is 5.04. The van der Waals surface area contributed by atoms with Crippen molar-refractivity contribution in [3.05, 3.63) is 57.0 Å². The lowest BCUT2D eigenvalue weighted by atomic mass is 9.87. The highest BCUT2D eigenvalue weighted by atomic mass is 32.2. The predicted molar refractivity (Wildman–Crippen MR) is 119 cm³/mol. The quantitative estimate of drug-likeness (QED) is 0.578. The molecule has 0 fully saturated rings. The van der Waals surface area contributed by atoms with Gasteiger partial charge in [-0.3, -0.25) is 4.79 Å². The van der Waals surface area contributed by atoms with Crippen molar-refractivity contribution >= 4 is 15.7 Å². The third-order valence-corrected chi connectivity index (χ3v) is 6.61. The van der Waals surface area contributed by atoms with E-state index >= 15 is 0 Å². The molecule has 10 nitrogen and oxygen atoms in total. The lowest BCUT2D eigenvalue weighted by molar-refractivity contribution is -0.121. The molecule has 1 aliphatic rings. The molecule has 2 N–H and O–H groups in total. The fraction of sp³-hybridized carbons (Fsp3) is 0.364. The van der Waals surface area contributed by atoms with Gasteiger partial charge >= 0.3 is 5.63 Å². The van der Waals surface area contributed by atoms with Gasteiger partial charge in [0, 0.05) is 29.4 Å². The van der Waals surface area contributed by atoms with Crippen molar-refractivity contribution in [1.82, 2.24) is 5.32 Å². The molecule has 0 saturated carbocycles. The summed E-state index contributed by atoms with van der Waals surface area (Å²) in [7, 11) is 0.885. The first kappa shape index (κ1) is 24.2. The van der Waals surface area contributed by atoms with E-state index in [-0.39, 0.29) is 40.7 Å². The number of nitrogens with one attached hydrogen (secondary N) is 1. The summed E-state index contributed by atoms with van der Waals surface area (Å²) in [5.74, 6) is -1.13. The minimum atomic E-state index is -3.37. The molecule has 1 aliphatic heterocycles. The van der Waals surface area contributed by atoms with E-state index in [9.17, 15) is 23.1 Å². The smallest absolute Gasteiger partial charge is 0.343 e. The summed E-state index contributed by atoms with van der Waals surface area (Å²) in [6, 6.07) is 3.76. The first-order chi connectivity index (χ1) is 15.6. The van der Waals surface area contributed by atoms with Gasteiger partial charge in [-0.05, 0) is 19.1 Å². The number of methoxy groups -OCH3 is 3. The number of benzene rings is 1. The van der Waals surface area contributed by atoms with Crippen LogP contribution in [0.2, 0.25) is 0 Å². The van der Waals surface area contributed by atoms with E-state index < -0.39 is 33.3 Å². The van der Waals surface area contributed by atoms with Crippen LogP contribution in [0.15, 0.2) is 38.9 Å². The zero-order chi connectivity index (χ0) is 24.3. The number of carbonyl (C=O) groups is 1. The maximum Gasteiger partial charge on any atom is 0.343 e. The van der Waals surface area contributed by atoms with E-state index in [1.54, 1.807) is 12.1 Å². The molecule has 3 rings (SSSR count). The summed E-state index contributed by atoms with van der Waals surface area (Å²) in [4.78, 5) is 25.6. The molecule has 178 valence electrons. The van der Waals surface area contributed by atoms with Crippen LogP contribution in [0.1, 0.15) is 29.2 Å². The van der Waals surface area contributed by atoms with Gasteiger partial charge in [0.1, 0.15) is 11.5 Å². The van der Waals surface area contributed by atoms with E-state index in [1.807, 2.05) is 0 Å². The summed E-state index contributed by atoms with van der Waals surface area (Å²) >= 11 is 0. The Hall–Kier alpha value is -3.47. The molecule has 11 heteroatoms. The highest BCUT2D eigenvalue weighted by Crippen LogP contribution is 2.45. The average molecular weight is 480 g/mol. The van der Waals surface area contributed by atoms with Crippen molar-refractivity contribution in [2.24, 2.45) is 0 Å². The van der Waals surface area contributed by atoms with Crippen molar-refractivity contribution in [1.29, 1.82) is 0 Å². The maximum atomic E-state index is 12.9. The van der Waals surface area contributed by atoms with Crippen LogP contribution in [-0.2, 0) is 14.6 Å². The van der Waals surface area contributed by atoms with Gasteiger partial charge in [0.2, 0.25) is 11.7 Å². The Kier molecular flexibility index (Phi) is 7.01. The predicted octanol–water partition coefficient (Wildman–Crippen LogP) is 1.63. The number of carbonyl (C=O) groups excluding carboxylic acids is 1. The van der Waals surface area contributed by atoms with E-state index in [4.69, 9.17) is 18.6 Å². The second kappa shape index (κ2) is 9.57. The van der Waals surface area contributed by atoms with E-state index in [0.717, 1.165) is 5.41 Å². The molecule has 1 amide bonds. The van der Waals surface area contributed by atoms with Crippen LogP contribution >= 0.6 is 0 Å². The van der Waals surface area contributed by atoms with Crippen LogP contribution in [-0.4, -0.2) is 52.6 Å². The Balaban J connectivity index is 2.09. The van der Waals surface area contributed by atoms with Crippen LogP contribution < -0.4 is 25.2 Å². The van der Waals surface area contributed by atoms with Crippen molar-refractivity contribution < 1.29 is 36.9 Å². The molecule has 0 unspecified atom stereocenters. The third kappa shape index (κ3) is 5.14. The lowest BCUT2D eigenvalue weighted by Crippen LogP contribution is -2.36. The largest absolute Gasteiger partial charge is 0.507 e.